The molecule has 0 spiro atoms. The van der Waals surface area contributed by atoms with E-state index in [0.29, 0.717) is 21.0 Å². The number of nitrogens with two attached hydrogens (primary N) is 1. The Kier molecular flexibility index (Phi) is 3.19. The summed E-state index contributed by atoms with van der Waals surface area (Å²) in [5.41, 5.74) is 6.38. The summed E-state index contributed by atoms with van der Waals surface area (Å²) in [4.78, 5) is 26.2. The van der Waals surface area contributed by atoms with Gasteiger partial charge in [-0.25, -0.2) is 0 Å². The van der Waals surface area contributed by atoms with Crippen molar-refractivity contribution in [2.45, 2.75) is 9.79 Å². The highest BCUT2D eigenvalue weighted by Gasteiger charge is 2.33. The molecule has 1 atom stereocenters. The SMILES string of the molecule is CN1C(=O)c2ccccc2[S+]([O-])c2ccc(C(N)=O)cc21. The second-order valence-corrected chi connectivity index (χ2v) is 6.09. The van der Waals surface area contributed by atoms with Crippen LogP contribution in [0, 0.1) is 0 Å². The van der Waals surface area contributed by atoms with E-state index in [1.807, 2.05) is 0 Å². The van der Waals surface area contributed by atoms with Crippen LogP contribution in [0.5, 0.6) is 0 Å². The van der Waals surface area contributed by atoms with E-state index in [1.165, 1.54) is 17.0 Å². The van der Waals surface area contributed by atoms with Crippen LogP contribution in [0.4, 0.5) is 5.69 Å². The fraction of sp³-hybridized carbons (Fsp3) is 0.0667. The zero-order chi connectivity index (χ0) is 15.1. The molecule has 5 nitrogen and oxygen atoms in total. The van der Waals surface area contributed by atoms with E-state index in [4.69, 9.17) is 5.73 Å². The fourth-order valence-corrected chi connectivity index (χ4v) is 3.67. The van der Waals surface area contributed by atoms with Gasteiger partial charge in [-0.3, -0.25) is 9.59 Å². The normalized spacial score (nSPS) is 17.0. The number of primary amides is 1. The van der Waals surface area contributed by atoms with Gasteiger partial charge >= 0.3 is 0 Å². The molecule has 0 bridgehead atoms. The van der Waals surface area contributed by atoms with Crippen molar-refractivity contribution in [2.24, 2.45) is 5.73 Å². The van der Waals surface area contributed by atoms with Crippen molar-refractivity contribution in [2.75, 3.05) is 11.9 Å². The van der Waals surface area contributed by atoms with Crippen molar-refractivity contribution in [1.82, 2.24) is 0 Å². The van der Waals surface area contributed by atoms with Gasteiger partial charge in [0.25, 0.3) is 5.91 Å². The maximum absolute atomic E-state index is 12.7. The number of benzene rings is 2. The molecule has 0 aromatic heterocycles. The van der Waals surface area contributed by atoms with E-state index in [2.05, 4.69) is 0 Å². The second-order valence-electron chi connectivity index (χ2n) is 4.68. The molecule has 6 heteroatoms. The molecule has 2 aromatic rings. The first kappa shape index (κ1) is 13.7. The van der Waals surface area contributed by atoms with Gasteiger partial charge in [0.15, 0.2) is 9.79 Å². The molecule has 0 saturated heterocycles. The second kappa shape index (κ2) is 4.91. The van der Waals surface area contributed by atoms with Gasteiger partial charge in [0.1, 0.15) is 5.69 Å². The minimum Gasteiger partial charge on any atom is -0.606 e. The maximum Gasteiger partial charge on any atom is 0.263 e. The number of rotatable bonds is 1. The molecule has 0 radical (unpaired) electrons. The van der Waals surface area contributed by atoms with Crippen LogP contribution in [-0.4, -0.2) is 23.4 Å². The van der Waals surface area contributed by atoms with Crippen molar-refractivity contribution in [3.63, 3.8) is 0 Å². The van der Waals surface area contributed by atoms with E-state index in [1.54, 1.807) is 37.4 Å². The molecular formula is C15H12N2O3S. The summed E-state index contributed by atoms with van der Waals surface area (Å²) in [6.45, 7) is 0. The smallest absolute Gasteiger partial charge is 0.263 e. The molecule has 2 N–H and O–H groups in total. The Morgan fingerprint density at radius 2 is 1.90 bits per heavy atom. The third-order valence-electron chi connectivity index (χ3n) is 3.43. The number of fused-ring (bicyclic) bond motifs is 2. The van der Waals surface area contributed by atoms with Crippen LogP contribution in [0.1, 0.15) is 20.7 Å². The Hall–Kier alpha value is -2.31. The third-order valence-corrected chi connectivity index (χ3v) is 4.93. The summed E-state index contributed by atoms with van der Waals surface area (Å²) < 4.78 is 12.7. The quantitative estimate of drug-likeness (QED) is 0.810. The van der Waals surface area contributed by atoms with Gasteiger partial charge in [0, 0.05) is 23.8 Å². The average molecular weight is 300 g/mol. The van der Waals surface area contributed by atoms with Crippen molar-refractivity contribution < 1.29 is 14.1 Å². The van der Waals surface area contributed by atoms with E-state index >= 15 is 0 Å². The predicted octanol–water partition coefficient (Wildman–Crippen LogP) is 1.54. The lowest BCUT2D eigenvalue weighted by atomic mass is 10.1. The topological polar surface area (TPSA) is 86.5 Å². The fourth-order valence-electron chi connectivity index (χ4n) is 2.30. The lowest BCUT2D eigenvalue weighted by molar-refractivity contribution is 0.0983. The number of amides is 2. The molecule has 0 fully saturated rings. The number of hydrogen-bond acceptors (Lipinski definition) is 3. The number of hydrogen-bond donors (Lipinski definition) is 1. The summed E-state index contributed by atoms with van der Waals surface area (Å²) in [7, 11) is 1.59. The molecule has 3 rings (SSSR count). The maximum atomic E-state index is 12.7. The van der Waals surface area contributed by atoms with Crippen molar-refractivity contribution in [3.8, 4) is 0 Å². The summed E-state index contributed by atoms with van der Waals surface area (Å²) in [6, 6.07) is 11.4. The van der Waals surface area contributed by atoms with Gasteiger partial charge in [-0.2, -0.15) is 0 Å². The van der Waals surface area contributed by atoms with Gasteiger partial charge in [-0.15, -0.1) is 0 Å². The molecule has 2 amide bonds. The molecule has 0 saturated carbocycles. The Morgan fingerprint density at radius 1 is 1.19 bits per heavy atom. The standard InChI is InChI=1S/C15H12N2O3S/c1-17-11-8-9(14(16)18)6-7-13(11)21(20)12-5-3-2-4-10(12)15(17)19/h2-8H,1H3,(H2,16,18). The van der Waals surface area contributed by atoms with Crippen molar-refractivity contribution in [1.29, 1.82) is 0 Å². The minimum atomic E-state index is -1.48. The highest BCUT2D eigenvalue weighted by Crippen LogP contribution is 2.36. The van der Waals surface area contributed by atoms with Crippen LogP contribution in [-0.2, 0) is 11.2 Å². The van der Waals surface area contributed by atoms with E-state index in [9.17, 15) is 14.1 Å². The molecule has 1 aliphatic heterocycles. The Morgan fingerprint density at radius 3 is 2.62 bits per heavy atom. The van der Waals surface area contributed by atoms with Crippen LogP contribution in [0.2, 0.25) is 0 Å². The van der Waals surface area contributed by atoms with Crippen molar-refractivity contribution >= 4 is 28.7 Å². The highest BCUT2D eigenvalue weighted by molar-refractivity contribution is 7.91. The Labute approximate surface area is 124 Å². The zero-order valence-corrected chi connectivity index (χ0v) is 12.0. The summed E-state index contributed by atoms with van der Waals surface area (Å²) in [5.74, 6) is -0.856. The van der Waals surface area contributed by atoms with Gasteiger partial charge in [0.05, 0.1) is 5.56 Å². The van der Waals surface area contributed by atoms with Crippen molar-refractivity contribution in [3.05, 3.63) is 53.6 Å². The average Bonchev–Trinajstić information content (AvgIpc) is 2.58. The molecule has 21 heavy (non-hydrogen) atoms. The molecule has 106 valence electrons. The first-order valence-electron chi connectivity index (χ1n) is 6.23. The van der Waals surface area contributed by atoms with Gasteiger partial charge in [0.2, 0.25) is 5.91 Å². The molecule has 0 aliphatic carbocycles. The van der Waals surface area contributed by atoms with Crippen LogP contribution in [0.3, 0.4) is 0 Å². The predicted molar refractivity (Wildman–Crippen MR) is 78.8 cm³/mol. The first-order chi connectivity index (χ1) is 10.0. The molecule has 2 aromatic carbocycles. The summed E-state index contributed by atoms with van der Waals surface area (Å²) in [5, 5.41) is 0. The van der Waals surface area contributed by atoms with Crippen LogP contribution in [0.25, 0.3) is 0 Å². The summed E-state index contributed by atoms with van der Waals surface area (Å²) >= 11 is -1.48. The van der Waals surface area contributed by atoms with Crippen LogP contribution < -0.4 is 10.6 Å². The van der Waals surface area contributed by atoms with Gasteiger partial charge in [-0.1, -0.05) is 12.1 Å². The van der Waals surface area contributed by atoms with Gasteiger partial charge < -0.3 is 15.2 Å². The van der Waals surface area contributed by atoms with Crippen LogP contribution >= 0.6 is 0 Å². The number of nitrogens with zero attached hydrogens (tertiary/aromatic N) is 1. The van der Waals surface area contributed by atoms with E-state index in [0.717, 1.165) is 0 Å². The monoisotopic (exact) mass is 300 g/mol. The zero-order valence-electron chi connectivity index (χ0n) is 11.2. The van der Waals surface area contributed by atoms with E-state index in [-0.39, 0.29) is 11.5 Å². The number of carbonyl (C=O) groups excluding carboxylic acids is 2. The lowest BCUT2D eigenvalue weighted by Gasteiger charge is -2.16. The number of carbonyl (C=O) groups is 2. The largest absolute Gasteiger partial charge is 0.606 e. The minimum absolute atomic E-state index is 0.265. The third kappa shape index (κ3) is 2.09. The highest BCUT2D eigenvalue weighted by atomic mass is 32.2. The van der Waals surface area contributed by atoms with Crippen LogP contribution in [0.15, 0.2) is 52.3 Å². The lowest BCUT2D eigenvalue weighted by Crippen LogP contribution is -2.26. The summed E-state index contributed by atoms with van der Waals surface area (Å²) in [6.07, 6.45) is 0. The van der Waals surface area contributed by atoms with Gasteiger partial charge in [-0.05, 0) is 30.3 Å². The number of anilines is 1. The first-order valence-corrected chi connectivity index (χ1v) is 7.38. The van der Waals surface area contributed by atoms with E-state index < -0.39 is 17.1 Å². The molecular weight excluding hydrogens is 288 g/mol. The molecule has 1 aliphatic rings. The molecule has 1 heterocycles. The molecule has 1 unspecified atom stereocenters. The Bertz CT molecular complexity index is 760. The Balaban J connectivity index is 2.26.